The van der Waals surface area contributed by atoms with Crippen molar-refractivity contribution in [1.82, 2.24) is 0 Å². The molecule has 0 aliphatic rings. The Bertz CT molecular complexity index is 258. The molecule has 0 saturated heterocycles. The van der Waals surface area contributed by atoms with E-state index in [1.807, 2.05) is 13.0 Å². The van der Waals surface area contributed by atoms with Crippen LogP contribution < -0.4 is 0 Å². The van der Waals surface area contributed by atoms with Crippen LogP contribution in [0.25, 0.3) is 0 Å². The van der Waals surface area contributed by atoms with E-state index in [4.69, 9.17) is 0 Å². The van der Waals surface area contributed by atoms with E-state index in [1.165, 1.54) is 11.6 Å². The second kappa shape index (κ2) is 4.51. The Hall–Kier alpha value is -0.500. The average molecular weight is 184 g/mol. The third-order valence-electron chi connectivity index (χ3n) is 1.91. The second-order valence-corrected chi connectivity index (χ2v) is 3.35. The van der Waals surface area contributed by atoms with Crippen LogP contribution in [0.5, 0.6) is 0 Å². The summed E-state index contributed by atoms with van der Waals surface area (Å²) in [6.45, 7) is 1.94. The maximum Gasteiger partial charge on any atom is 0.123 e. The molecule has 0 aliphatic heterocycles. The van der Waals surface area contributed by atoms with Crippen molar-refractivity contribution in [2.75, 3.05) is 5.75 Å². The largest absolute Gasteiger partial charge is 0.207 e. The molecule has 0 unspecified atom stereocenters. The van der Waals surface area contributed by atoms with Crippen LogP contribution in [-0.4, -0.2) is 5.75 Å². The van der Waals surface area contributed by atoms with Gasteiger partial charge >= 0.3 is 0 Å². The van der Waals surface area contributed by atoms with Crippen molar-refractivity contribution in [3.63, 3.8) is 0 Å². The minimum Gasteiger partial charge on any atom is -0.207 e. The topological polar surface area (TPSA) is 0 Å². The summed E-state index contributed by atoms with van der Waals surface area (Å²) in [5.74, 6) is 0.735. The molecule has 0 fully saturated rings. The summed E-state index contributed by atoms with van der Waals surface area (Å²) >= 11 is 4.13. The zero-order valence-electron chi connectivity index (χ0n) is 7.18. The van der Waals surface area contributed by atoms with Crippen LogP contribution in [0.3, 0.4) is 0 Å². The van der Waals surface area contributed by atoms with Gasteiger partial charge in [0.05, 0.1) is 0 Å². The van der Waals surface area contributed by atoms with E-state index in [0.29, 0.717) is 0 Å². The summed E-state index contributed by atoms with van der Waals surface area (Å²) in [6, 6.07) is 4.95. The monoisotopic (exact) mass is 184 g/mol. The van der Waals surface area contributed by atoms with Crippen LogP contribution in [0.15, 0.2) is 18.2 Å². The average Bonchev–Trinajstić information content (AvgIpc) is 2.03. The standard InChI is InChI=1S/C10H13FS/c1-8-7-10(11)5-4-9(8)3-2-6-12/h4-5,7,12H,2-3,6H2,1H3. The van der Waals surface area contributed by atoms with Gasteiger partial charge in [0.1, 0.15) is 5.82 Å². The lowest BCUT2D eigenvalue weighted by atomic mass is 10.0. The van der Waals surface area contributed by atoms with Gasteiger partial charge in [-0.1, -0.05) is 6.07 Å². The van der Waals surface area contributed by atoms with Crippen LogP contribution in [0.4, 0.5) is 4.39 Å². The van der Waals surface area contributed by atoms with Crippen molar-refractivity contribution in [3.8, 4) is 0 Å². The van der Waals surface area contributed by atoms with Crippen molar-refractivity contribution < 1.29 is 4.39 Å². The highest BCUT2D eigenvalue weighted by Gasteiger charge is 1.98. The van der Waals surface area contributed by atoms with Gasteiger partial charge in [0.2, 0.25) is 0 Å². The van der Waals surface area contributed by atoms with E-state index in [2.05, 4.69) is 12.6 Å². The summed E-state index contributed by atoms with van der Waals surface area (Å²) in [4.78, 5) is 0. The molecule has 12 heavy (non-hydrogen) atoms. The van der Waals surface area contributed by atoms with Gasteiger partial charge in [0.15, 0.2) is 0 Å². The third kappa shape index (κ3) is 2.52. The molecule has 2 heteroatoms. The molecule has 66 valence electrons. The first-order valence-electron chi connectivity index (χ1n) is 4.10. The lowest BCUT2D eigenvalue weighted by molar-refractivity contribution is 0.625. The fourth-order valence-electron chi connectivity index (χ4n) is 1.21. The van der Waals surface area contributed by atoms with Gasteiger partial charge in [-0.2, -0.15) is 12.6 Å². The van der Waals surface area contributed by atoms with Crippen LogP contribution in [0.1, 0.15) is 17.5 Å². The zero-order valence-corrected chi connectivity index (χ0v) is 8.07. The number of thiol groups is 1. The number of aryl methyl sites for hydroxylation is 2. The lowest BCUT2D eigenvalue weighted by Gasteiger charge is -2.03. The highest BCUT2D eigenvalue weighted by molar-refractivity contribution is 7.80. The summed E-state index contributed by atoms with van der Waals surface area (Å²) in [5, 5.41) is 0. The van der Waals surface area contributed by atoms with E-state index in [-0.39, 0.29) is 5.82 Å². The molecular formula is C10H13FS. The predicted octanol–water partition coefficient (Wildman–Crippen LogP) is 3.00. The third-order valence-corrected chi connectivity index (χ3v) is 2.23. The maximum absolute atomic E-state index is 12.7. The Kier molecular flexibility index (Phi) is 3.60. The van der Waals surface area contributed by atoms with Crippen LogP contribution in [0, 0.1) is 12.7 Å². The molecule has 0 aliphatic carbocycles. The van der Waals surface area contributed by atoms with E-state index in [0.717, 1.165) is 24.2 Å². The number of benzene rings is 1. The quantitative estimate of drug-likeness (QED) is 0.686. The van der Waals surface area contributed by atoms with Gasteiger partial charge in [-0.3, -0.25) is 0 Å². The Morgan fingerprint density at radius 1 is 1.42 bits per heavy atom. The van der Waals surface area contributed by atoms with Crippen molar-refractivity contribution in [2.24, 2.45) is 0 Å². The molecule has 0 aromatic heterocycles. The van der Waals surface area contributed by atoms with Crippen LogP contribution >= 0.6 is 12.6 Å². The SMILES string of the molecule is Cc1cc(F)ccc1CCCS. The summed E-state index contributed by atoms with van der Waals surface area (Å²) in [7, 11) is 0. The van der Waals surface area contributed by atoms with Gasteiger partial charge in [0.25, 0.3) is 0 Å². The van der Waals surface area contributed by atoms with E-state index in [1.54, 1.807) is 6.07 Å². The van der Waals surface area contributed by atoms with Crippen molar-refractivity contribution in [1.29, 1.82) is 0 Å². The molecule has 0 spiro atoms. The number of hydrogen-bond acceptors (Lipinski definition) is 1. The van der Waals surface area contributed by atoms with Crippen LogP contribution in [-0.2, 0) is 6.42 Å². The molecule has 0 radical (unpaired) electrons. The molecule has 0 atom stereocenters. The molecule has 0 N–H and O–H groups in total. The summed E-state index contributed by atoms with van der Waals surface area (Å²) < 4.78 is 12.7. The predicted molar refractivity (Wildman–Crippen MR) is 53.3 cm³/mol. The molecule has 1 rings (SSSR count). The van der Waals surface area contributed by atoms with E-state index >= 15 is 0 Å². The van der Waals surface area contributed by atoms with Gasteiger partial charge in [-0.25, -0.2) is 4.39 Å². The molecule has 0 nitrogen and oxygen atoms in total. The molecule has 1 aromatic carbocycles. The highest BCUT2D eigenvalue weighted by atomic mass is 32.1. The fourth-order valence-corrected chi connectivity index (χ4v) is 1.37. The number of hydrogen-bond donors (Lipinski definition) is 1. The molecule has 0 heterocycles. The van der Waals surface area contributed by atoms with Gasteiger partial charge in [-0.15, -0.1) is 0 Å². The molecule has 0 amide bonds. The number of halogens is 1. The smallest absolute Gasteiger partial charge is 0.123 e. The van der Waals surface area contributed by atoms with Gasteiger partial charge in [-0.05, 0) is 48.8 Å². The van der Waals surface area contributed by atoms with E-state index in [9.17, 15) is 4.39 Å². The van der Waals surface area contributed by atoms with Crippen molar-refractivity contribution >= 4 is 12.6 Å². The second-order valence-electron chi connectivity index (χ2n) is 2.90. The molecular weight excluding hydrogens is 171 g/mol. The first-order valence-corrected chi connectivity index (χ1v) is 4.73. The normalized spacial score (nSPS) is 10.2. The first-order chi connectivity index (χ1) is 5.74. The first kappa shape index (κ1) is 9.59. The summed E-state index contributed by atoms with van der Waals surface area (Å²) in [5.41, 5.74) is 2.27. The Balaban J connectivity index is 2.72. The van der Waals surface area contributed by atoms with Crippen molar-refractivity contribution in [2.45, 2.75) is 19.8 Å². The Morgan fingerprint density at radius 3 is 2.75 bits per heavy atom. The van der Waals surface area contributed by atoms with E-state index < -0.39 is 0 Å². The number of rotatable bonds is 3. The Labute approximate surface area is 78.2 Å². The minimum absolute atomic E-state index is 0.151. The highest BCUT2D eigenvalue weighted by Crippen LogP contribution is 2.12. The summed E-state index contributed by atoms with van der Waals surface area (Å²) in [6.07, 6.45) is 2.05. The molecule has 0 bridgehead atoms. The van der Waals surface area contributed by atoms with Crippen molar-refractivity contribution in [3.05, 3.63) is 35.1 Å². The zero-order chi connectivity index (χ0) is 8.97. The lowest BCUT2D eigenvalue weighted by Crippen LogP contribution is -1.91. The maximum atomic E-state index is 12.7. The minimum atomic E-state index is -0.151. The van der Waals surface area contributed by atoms with Gasteiger partial charge < -0.3 is 0 Å². The molecule has 1 aromatic rings. The van der Waals surface area contributed by atoms with Crippen LogP contribution in [0.2, 0.25) is 0 Å². The Morgan fingerprint density at radius 2 is 2.17 bits per heavy atom. The fraction of sp³-hybridized carbons (Fsp3) is 0.400. The molecule has 0 saturated carbocycles. The van der Waals surface area contributed by atoms with Gasteiger partial charge in [0, 0.05) is 0 Å².